The lowest BCUT2D eigenvalue weighted by atomic mass is 10.1. The maximum Gasteiger partial charge on any atom is 0.236 e. The van der Waals surface area contributed by atoms with E-state index in [1.54, 1.807) is 13.1 Å². The molecule has 0 unspecified atom stereocenters. The topological polar surface area (TPSA) is 75.0 Å². The van der Waals surface area contributed by atoms with E-state index in [1.165, 1.54) is 12.1 Å². The number of nitriles is 1. The Morgan fingerprint density at radius 3 is 2.48 bits per heavy atom. The van der Waals surface area contributed by atoms with Crippen LogP contribution in [-0.4, -0.2) is 79.4 Å². The summed E-state index contributed by atoms with van der Waals surface area (Å²) in [7, 11) is 1.70. The minimum Gasteiger partial charge on any atom is -0.352 e. The number of likely N-dealkylation sites (tertiary alicyclic amines) is 1. The molecule has 0 atom stereocenters. The fourth-order valence-electron chi connectivity index (χ4n) is 3.66. The van der Waals surface area contributed by atoms with E-state index in [9.17, 15) is 9.18 Å². The number of rotatable bonds is 4. The number of carbonyl (C=O) groups excluding carboxylic acids is 1. The molecular formula is C20H28FIN6O. The molecule has 0 saturated carbocycles. The van der Waals surface area contributed by atoms with Crippen molar-refractivity contribution in [2.75, 3.05) is 52.9 Å². The number of benzene rings is 1. The Hall–Kier alpha value is -1.93. The molecule has 29 heavy (non-hydrogen) atoms. The highest BCUT2D eigenvalue weighted by atomic mass is 127. The second-order valence-electron chi connectivity index (χ2n) is 7.17. The minimum atomic E-state index is -0.341. The predicted molar refractivity (Wildman–Crippen MR) is 121 cm³/mol. The summed E-state index contributed by atoms with van der Waals surface area (Å²) in [5, 5.41) is 12.2. The van der Waals surface area contributed by atoms with E-state index < -0.39 is 0 Å². The van der Waals surface area contributed by atoms with Crippen molar-refractivity contribution < 1.29 is 9.18 Å². The number of nitrogens with one attached hydrogen (secondary N) is 1. The summed E-state index contributed by atoms with van der Waals surface area (Å²) in [6, 6.07) is 6.36. The van der Waals surface area contributed by atoms with Crippen molar-refractivity contribution in [3.63, 3.8) is 0 Å². The third kappa shape index (κ3) is 6.27. The van der Waals surface area contributed by atoms with E-state index in [1.807, 2.05) is 11.0 Å². The standard InChI is InChI=1S/C20H27FN6O.HI/c1-23-20(24-14-17-12-16(13-22)4-5-18(17)21)27-10-8-25(9-11-27)15-19(28)26-6-2-3-7-26;/h4-5,12H,2-3,6-11,14-15H2,1H3,(H,23,24);1H. The number of hydrogen-bond acceptors (Lipinski definition) is 4. The molecule has 1 aromatic rings. The van der Waals surface area contributed by atoms with Gasteiger partial charge in [-0.05, 0) is 31.0 Å². The van der Waals surface area contributed by atoms with Crippen molar-refractivity contribution >= 4 is 35.8 Å². The van der Waals surface area contributed by atoms with Crippen LogP contribution < -0.4 is 5.32 Å². The lowest BCUT2D eigenvalue weighted by Crippen LogP contribution is -2.54. The lowest BCUT2D eigenvalue weighted by molar-refractivity contribution is -0.131. The Kier molecular flexibility index (Phi) is 9.10. The second-order valence-corrected chi connectivity index (χ2v) is 7.17. The Labute approximate surface area is 188 Å². The van der Waals surface area contributed by atoms with Gasteiger partial charge in [-0.2, -0.15) is 5.26 Å². The van der Waals surface area contributed by atoms with Crippen LogP contribution in [0, 0.1) is 17.1 Å². The summed E-state index contributed by atoms with van der Waals surface area (Å²) in [6.45, 7) is 5.62. The van der Waals surface area contributed by atoms with E-state index in [-0.39, 0.29) is 42.2 Å². The number of carbonyl (C=O) groups is 1. The molecule has 0 spiro atoms. The molecule has 3 rings (SSSR count). The van der Waals surface area contributed by atoms with Crippen LogP contribution in [0.15, 0.2) is 23.2 Å². The number of aliphatic imine (C=N–C) groups is 1. The first-order valence-electron chi connectivity index (χ1n) is 9.75. The van der Waals surface area contributed by atoms with Gasteiger partial charge in [0.05, 0.1) is 18.2 Å². The molecule has 9 heteroatoms. The Bertz CT molecular complexity index is 767. The van der Waals surface area contributed by atoms with Crippen LogP contribution in [0.1, 0.15) is 24.0 Å². The normalized spacial score (nSPS) is 17.6. The molecule has 0 bridgehead atoms. The number of halogens is 2. The predicted octanol–water partition coefficient (Wildman–Crippen LogP) is 1.63. The Balaban J connectivity index is 0.00000300. The molecule has 1 aromatic carbocycles. The van der Waals surface area contributed by atoms with E-state index in [0.29, 0.717) is 23.6 Å². The summed E-state index contributed by atoms with van der Waals surface area (Å²) in [5.74, 6) is 0.584. The minimum absolute atomic E-state index is 0. The van der Waals surface area contributed by atoms with Crippen LogP contribution in [0.25, 0.3) is 0 Å². The Morgan fingerprint density at radius 1 is 1.17 bits per heavy atom. The van der Waals surface area contributed by atoms with Gasteiger partial charge in [-0.15, -0.1) is 24.0 Å². The van der Waals surface area contributed by atoms with Crippen LogP contribution in [0.3, 0.4) is 0 Å². The summed E-state index contributed by atoms with van der Waals surface area (Å²) >= 11 is 0. The monoisotopic (exact) mass is 514 g/mol. The van der Waals surface area contributed by atoms with Gasteiger partial charge in [0.15, 0.2) is 5.96 Å². The molecule has 2 aliphatic rings. The van der Waals surface area contributed by atoms with Gasteiger partial charge in [-0.1, -0.05) is 0 Å². The fraction of sp³-hybridized carbons (Fsp3) is 0.550. The summed E-state index contributed by atoms with van der Waals surface area (Å²) in [4.78, 5) is 22.9. The van der Waals surface area contributed by atoms with Crippen molar-refractivity contribution in [1.82, 2.24) is 20.0 Å². The quantitative estimate of drug-likeness (QED) is 0.376. The first-order valence-corrected chi connectivity index (χ1v) is 9.75. The van der Waals surface area contributed by atoms with Gasteiger partial charge in [0.25, 0.3) is 0 Å². The summed E-state index contributed by atoms with van der Waals surface area (Å²) in [6.07, 6.45) is 2.22. The van der Waals surface area contributed by atoms with Gasteiger partial charge in [0.2, 0.25) is 5.91 Å². The molecule has 0 aliphatic carbocycles. The van der Waals surface area contributed by atoms with Crippen molar-refractivity contribution in [3.8, 4) is 6.07 Å². The molecule has 0 aromatic heterocycles. The molecular weight excluding hydrogens is 486 g/mol. The van der Waals surface area contributed by atoms with Gasteiger partial charge in [-0.3, -0.25) is 14.7 Å². The fourth-order valence-corrected chi connectivity index (χ4v) is 3.66. The highest BCUT2D eigenvalue weighted by molar-refractivity contribution is 14.0. The van der Waals surface area contributed by atoms with Crippen molar-refractivity contribution in [3.05, 3.63) is 35.1 Å². The van der Waals surface area contributed by atoms with Crippen LogP contribution in [0.5, 0.6) is 0 Å². The van der Waals surface area contributed by atoms with E-state index in [4.69, 9.17) is 5.26 Å². The number of amides is 1. The van der Waals surface area contributed by atoms with E-state index in [2.05, 4.69) is 20.1 Å². The molecule has 2 fully saturated rings. The van der Waals surface area contributed by atoms with Crippen LogP contribution in [0.4, 0.5) is 4.39 Å². The lowest BCUT2D eigenvalue weighted by Gasteiger charge is -2.36. The van der Waals surface area contributed by atoms with Crippen LogP contribution in [-0.2, 0) is 11.3 Å². The number of hydrogen-bond donors (Lipinski definition) is 1. The average molecular weight is 514 g/mol. The zero-order valence-corrected chi connectivity index (χ0v) is 19.1. The average Bonchev–Trinajstić information content (AvgIpc) is 3.26. The molecule has 1 amide bonds. The molecule has 2 heterocycles. The number of nitrogens with zero attached hydrogens (tertiary/aromatic N) is 5. The SMILES string of the molecule is CN=C(NCc1cc(C#N)ccc1F)N1CCN(CC(=O)N2CCCC2)CC1.I. The number of guanidine groups is 1. The third-order valence-electron chi connectivity index (χ3n) is 5.31. The first-order chi connectivity index (χ1) is 13.6. The van der Waals surface area contributed by atoms with Gasteiger partial charge in [-0.25, -0.2) is 4.39 Å². The van der Waals surface area contributed by atoms with E-state index >= 15 is 0 Å². The highest BCUT2D eigenvalue weighted by Crippen LogP contribution is 2.11. The number of piperazine rings is 1. The zero-order chi connectivity index (χ0) is 19.9. The third-order valence-corrected chi connectivity index (χ3v) is 5.31. The molecule has 1 N–H and O–H groups in total. The molecule has 158 valence electrons. The highest BCUT2D eigenvalue weighted by Gasteiger charge is 2.24. The van der Waals surface area contributed by atoms with E-state index in [0.717, 1.165) is 52.1 Å². The zero-order valence-electron chi connectivity index (χ0n) is 16.7. The molecule has 7 nitrogen and oxygen atoms in total. The van der Waals surface area contributed by atoms with Gasteiger partial charge < -0.3 is 15.1 Å². The largest absolute Gasteiger partial charge is 0.352 e. The Morgan fingerprint density at radius 2 is 1.86 bits per heavy atom. The van der Waals surface area contributed by atoms with Crippen molar-refractivity contribution in [1.29, 1.82) is 5.26 Å². The smallest absolute Gasteiger partial charge is 0.236 e. The molecule has 2 aliphatic heterocycles. The summed E-state index contributed by atoms with van der Waals surface area (Å²) < 4.78 is 14.0. The van der Waals surface area contributed by atoms with Gasteiger partial charge in [0.1, 0.15) is 5.82 Å². The molecule has 2 saturated heterocycles. The van der Waals surface area contributed by atoms with Crippen LogP contribution >= 0.6 is 24.0 Å². The summed E-state index contributed by atoms with van der Waals surface area (Å²) in [5.41, 5.74) is 0.875. The van der Waals surface area contributed by atoms with Crippen LogP contribution in [0.2, 0.25) is 0 Å². The molecule has 0 radical (unpaired) electrons. The maximum atomic E-state index is 14.0. The first kappa shape index (κ1) is 23.3. The van der Waals surface area contributed by atoms with Crippen molar-refractivity contribution in [2.24, 2.45) is 4.99 Å². The maximum absolute atomic E-state index is 14.0. The van der Waals surface area contributed by atoms with Gasteiger partial charge >= 0.3 is 0 Å². The van der Waals surface area contributed by atoms with Crippen molar-refractivity contribution in [2.45, 2.75) is 19.4 Å². The second kappa shape index (κ2) is 11.3. The van der Waals surface area contributed by atoms with Gasteiger partial charge in [0, 0.05) is 58.4 Å².